The number of carbonyl (C=O) groups excluding carboxylic acids is 2. The van der Waals surface area contributed by atoms with E-state index in [4.69, 9.17) is 18.9 Å². The van der Waals surface area contributed by atoms with Crippen molar-refractivity contribution in [3.63, 3.8) is 0 Å². The predicted molar refractivity (Wildman–Crippen MR) is 162 cm³/mol. The van der Waals surface area contributed by atoms with E-state index in [1.54, 1.807) is 89.5 Å². The van der Waals surface area contributed by atoms with Crippen molar-refractivity contribution in [3.05, 3.63) is 117 Å². The summed E-state index contributed by atoms with van der Waals surface area (Å²) in [7, 11) is 1.31. The molecule has 1 unspecified atom stereocenters. The summed E-state index contributed by atoms with van der Waals surface area (Å²) in [4.78, 5) is 62.2. The van der Waals surface area contributed by atoms with Crippen LogP contribution in [-0.2, 0) is 25.5 Å². The fourth-order valence-corrected chi connectivity index (χ4v) is 5.44. The molecule has 3 aromatic rings. The molecule has 0 spiro atoms. The topological polar surface area (TPSA) is 165 Å². The van der Waals surface area contributed by atoms with Gasteiger partial charge in [0.15, 0.2) is 23.9 Å². The molecular formula is C33H27N5O8. The number of ether oxygens (including phenoxy) is 4. The van der Waals surface area contributed by atoms with Crippen LogP contribution in [0.25, 0.3) is 22.6 Å². The van der Waals surface area contributed by atoms with Crippen LogP contribution in [0.1, 0.15) is 33.4 Å². The number of hydrogen-bond acceptors (Lipinski definition) is 11. The van der Waals surface area contributed by atoms with Crippen molar-refractivity contribution in [2.45, 2.75) is 37.5 Å². The van der Waals surface area contributed by atoms with Crippen LogP contribution in [-0.4, -0.2) is 63.1 Å². The van der Waals surface area contributed by atoms with Gasteiger partial charge in [-0.05, 0) is 36.4 Å². The molecule has 0 bridgehead atoms. The molecular weight excluding hydrogens is 594 g/mol. The molecule has 0 aliphatic carbocycles. The van der Waals surface area contributed by atoms with Gasteiger partial charge < -0.3 is 23.5 Å². The van der Waals surface area contributed by atoms with Crippen LogP contribution in [0, 0.1) is 11.3 Å². The minimum absolute atomic E-state index is 0.00700. The van der Waals surface area contributed by atoms with Crippen LogP contribution in [0.3, 0.4) is 0 Å². The Kier molecular flexibility index (Phi) is 8.64. The van der Waals surface area contributed by atoms with Gasteiger partial charge in [0, 0.05) is 13.7 Å². The van der Waals surface area contributed by atoms with Crippen LogP contribution in [0.4, 0.5) is 0 Å². The third-order valence-electron chi connectivity index (χ3n) is 7.60. The minimum atomic E-state index is -1.43. The summed E-state index contributed by atoms with van der Waals surface area (Å²) < 4.78 is 25.5. The highest BCUT2D eigenvalue weighted by Gasteiger charge is 2.50. The van der Waals surface area contributed by atoms with Crippen LogP contribution >= 0.6 is 0 Å². The summed E-state index contributed by atoms with van der Waals surface area (Å²) in [5.41, 5.74) is -0.351. The van der Waals surface area contributed by atoms with Crippen molar-refractivity contribution in [3.8, 4) is 17.6 Å². The molecule has 3 heterocycles. The molecule has 3 aliphatic rings. The molecule has 0 aromatic heterocycles. The Labute approximate surface area is 261 Å². The van der Waals surface area contributed by atoms with Crippen LogP contribution in [0.2, 0.25) is 0 Å². The van der Waals surface area contributed by atoms with Gasteiger partial charge in [-0.2, -0.15) is 10.2 Å². The minimum Gasteiger partial charge on any atom is -0.459 e. The summed E-state index contributed by atoms with van der Waals surface area (Å²) in [6, 6.07) is 25.5. The quantitative estimate of drug-likeness (QED) is 0.175. The summed E-state index contributed by atoms with van der Waals surface area (Å²) in [6.45, 7) is -0.225. The maximum Gasteiger partial charge on any atom is 0.354 e. The molecule has 0 saturated carbocycles. The molecule has 3 aromatic carbocycles. The van der Waals surface area contributed by atoms with Gasteiger partial charge in [-0.3, -0.25) is 4.79 Å². The van der Waals surface area contributed by atoms with Gasteiger partial charge in [-0.25, -0.2) is 23.9 Å². The Morgan fingerprint density at radius 2 is 1.54 bits per heavy atom. The van der Waals surface area contributed by atoms with E-state index in [0.717, 1.165) is 4.57 Å². The molecule has 4 atom stereocenters. The van der Waals surface area contributed by atoms with E-state index in [2.05, 4.69) is 16.0 Å². The molecule has 0 radical (unpaired) electrons. The third-order valence-corrected chi connectivity index (χ3v) is 7.60. The van der Waals surface area contributed by atoms with Crippen LogP contribution in [0.5, 0.6) is 0 Å². The Bertz CT molecular complexity index is 2020. The largest absolute Gasteiger partial charge is 0.459 e. The normalized spacial score (nSPS) is 19.1. The zero-order valence-electron chi connectivity index (χ0n) is 24.5. The summed E-state index contributed by atoms with van der Waals surface area (Å²) >= 11 is 0. The number of nitrogens with zero attached hydrogens (tertiary/aromatic N) is 5. The molecule has 3 aliphatic heterocycles. The number of carbonyl (C=O) groups is 2. The van der Waals surface area contributed by atoms with E-state index in [9.17, 15) is 24.4 Å². The summed E-state index contributed by atoms with van der Waals surface area (Å²) in [5.74, 6) is -1.36. The van der Waals surface area contributed by atoms with Crippen molar-refractivity contribution >= 4 is 23.0 Å². The average Bonchev–Trinajstić information content (AvgIpc) is 3.42. The highest BCUT2D eigenvalue weighted by Crippen LogP contribution is 2.34. The Hall–Kier alpha value is -5.71. The number of rotatable bonds is 9. The lowest BCUT2D eigenvalue weighted by atomic mass is 10.1. The zero-order valence-corrected chi connectivity index (χ0v) is 24.5. The lowest BCUT2D eigenvalue weighted by Gasteiger charge is -2.24. The summed E-state index contributed by atoms with van der Waals surface area (Å²) in [6.07, 6.45) is -4.87. The second-order valence-electron chi connectivity index (χ2n) is 10.4. The number of benzene rings is 3. The van der Waals surface area contributed by atoms with Crippen molar-refractivity contribution < 1.29 is 28.5 Å². The van der Waals surface area contributed by atoms with Crippen molar-refractivity contribution in [1.29, 1.82) is 5.26 Å². The maximum absolute atomic E-state index is 14.0. The molecule has 0 N–H and O–H groups in total. The maximum atomic E-state index is 14.0. The van der Waals surface area contributed by atoms with Gasteiger partial charge in [0.25, 0.3) is 5.56 Å². The first-order valence-corrected chi connectivity index (χ1v) is 14.4. The van der Waals surface area contributed by atoms with E-state index < -0.39 is 54.3 Å². The lowest BCUT2D eigenvalue weighted by molar-refractivity contribution is -0.0671. The lowest BCUT2D eigenvalue weighted by Crippen LogP contribution is -2.46. The van der Waals surface area contributed by atoms with Gasteiger partial charge >= 0.3 is 17.6 Å². The summed E-state index contributed by atoms with van der Waals surface area (Å²) in [5, 5.41) is 9.23. The SMILES string of the molecule is COC1[C@H](n2c(=O)nc3n(CCC#N)c4ccccc4nc-3c2=O)O[C@H](COC(=O)c2ccccc2)[C@H]1OC(=O)c1ccccc1. The smallest absolute Gasteiger partial charge is 0.354 e. The standard InChI is InChI=1S/C33H27N5O8/c1-43-27-26(46-32(41)21-13-6-3-7-14-21)24(19-44-31(40)20-11-4-2-5-12-20)45-30(27)38-29(39)25-28(36-33(38)42)37(18-10-17-34)23-16-9-8-15-22(23)35-25/h2-9,11-16,24,26-27,30H,10,18-19H2,1H3/t24-,26-,27?,30-/m1/s1. The van der Waals surface area contributed by atoms with E-state index in [1.807, 2.05) is 0 Å². The second kappa shape index (κ2) is 13.1. The Balaban J connectivity index is 1.41. The number of methoxy groups -OCH3 is 1. The first kappa shape index (κ1) is 30.3. The number of aromatic nitrogens is 4. The van der Waals surface area contributed by atoms with E-state index >= 15 is 0 Å². The van der Waals surface area contributed by atoms with Crippen molar-refractivity contribution in [2.75, 3.05) is 13.7 Å². The molecule has 1 fully saturated rings. The van der Waals surface area contributed by atoms with E-state index in [0.29, 0.717) is 11.0 Å². The highest BCUT2D eigenvalue weighted by molar-refractivity contribution is 5.90. The average molecular weight is 622 g/mol. The molecule has 13 heteroatoms. The Morgan fingerprint density at radius 1 is 0.891 bits per heavy atom. The number of aryl methyl sites for hydroxylation is 1. The molecule has 1 saturated heterocycles. The molecule has 0 amide bonds. The number of para-hydroxylation sites is 2. The van der Waals surface area contributed by atoms with E-state index in [-0.39, 0.29) is 35.6 Å². The molecule has 13 nitrogen and oxygen atoms in total. The Morgan fingerprint density at radius 3 is 2.22 bits per heavy atom. The van der Waals surface area contributed by atoms with Gasteiger partial charge in [-0.15, -0.1) is 0 Å². The van der Waals surface area contributed by atoms with Crippen LogP contribution < -0.4 is 11.2 Å². The van der Waals surface area contributed by atoms with Crippen LogP contribution in [0.15, 0.2) is 94.5 Å². The second-order valence-corrected chi connectivity index (χ2v) is 10.4. The number of esters is 2. The molecule has 232 valence electrons. The monoisotopic (exact) mass is 621 g/mol. The zero-order chi connectivity index (χ0) is 32.2. The van der Waals surface area contributed by atoms with Gasteiger partial charge in [0.2, 0.25) is 0 Å². The van der Waals surface area contributed by atoms with E-state index in [1.165, 1.54) is 7.11 Å². The predicted octanol–water partition coefficient (Wildman–Crippen LogP) is 2.97. The number of nitriles is 1. The van der Waals surface area contributed by atoms with Gasteiger partial charge in [0.1, 0.15) is 18.8 Å². The fraction of sp³-hybridized carbons (Fsp3) is 0.242. The van der Waals surface area contributed by atoms with Gasteiger partial charge in [0.05, 0.1) is 34.7 Å². The molecule has 46 heavy (non-hydrogen) atoms. The van der Waals surface area contributed by atoms with Crippen molar-refractivity contribution in [1.82, 2.24) is 19.1 Å². The first-order valence-electron chi connectivity index (χ1n) is 14.4. The third kappa shape index (κ3) is 5.74. The highest BCUT2D eigenvalue weighted by atomic mass is 16.6. The van der Waals surface area contributed by atoms with Crippen molar-refractivity contribution in [2.24, 2.45) is 0 Å². The fourth-order valence-electron chi connectivity index (χ4n) is 5.44. The number of hydrogen-bond donors (Lipinski definition) is 0. The number of fused-ring (bicyclic) bond motifs is 2. The van der Waals surface area contributed by atoms with Gasteiger partial charge in [-0.1, -0.05) is 48.5 Å². The first-order chi connectivity index (χ1) is 22.4. The molecule has 6 rings (SSSR count).